The van der Waals surface area contributed by atoms with Crippen molar-refractivity contribution >= 4 is 5.91 Å². The van der Waals surface area contributed by atoms with E-state index in [1.165, 1.54) is 0 Å². The molecule has 0 saturated carbocycles. The average Bonchev–Trinajstić information content (AvgIpc) is 2.63. The Labute approximate surface area is 95.8 Å². The van der Waals surface area contributed by atoms with E-state index in [0.717, 1.165) is 0 Å². The van der Waals surface area contributed by atoms with Gasteiger partial charge in [0.2, 0.25) is 5.91 Å². The molecule has 2 heterocycles. The predicted molar refractivity (Wildman–Crippen MR) is 59.0 cm³/mol. The second kappa shape index (κ2) is 4.31. The summed E-state index contributed by atoms with van der Waals surface area (Å²) in [4.78, 5) is 14.1. The summed E-state index contributed by atoms with van der Waals surface area (Å²) in [5, 5.41) is 12.5. The normalized spacial score (nSPS) is 34.1. The molecule has 2 saturated heterocycles. The van der Waals surface area contributed by atoms with E-state index in [1.54, 1.807) is 0 Å². The maximum atomic E-state index is 12.3. The van der Waals surface area contributed by atoms with Gasteiger partial charge in [-0.1, -0.05) is 0 Å². The Kier molecular flexibility index (Phi) is 3.19. The maximum Gasteiger partial charge on any atom is 0.240 e. The zero-order valence-corrected chi connectivity index (χ0v) is 9.90. The second-order valence-electron chi connectivity index (χ2n) is 5.21. The van der Waals surface area contributed by atoms with Gasteiger partial charge in [0.05, 0.1) is 30.9 Å². The highest BCUT2D eigenvalue weighted by Crippen LogP contribution is 2.21. The van der Waals surface area contributed by atoms with Crippen molar-refractivity contribution in [1.82, 2.24) is 10.2 Å². The number of rotatable bonds is 1. The molecule has 5 nitrogen and oxygen atoms in total. The fourth-order valence-electron chi connectivity index (χ4n) is 2.36. The van der Waals surface area contributed by atoms with Crippen LogP contribution in [0.2, 0.25) is 0 Å². The number of aliphatic hydroxyl groups excluding tert-OH is 1. The minimum atomic E-state index is -0.391. The molecule has 5 heteroatoms. The van der Waals surface area contributed by atoms with E-state index in [9.17, 15) is 9.90 Å². The van der Waals surface area contributed by atoms with Gasteiger partial charge in [-0.25, -0.2) is 0 Å². The monoisotopic (exact) mass is 228 g/mol. The van der Waals surface area contributed by atoms with Crippen molar-refractivity contribution in [2.45, 2.75) is 38.0 Å². The number of β-amino-alcohol motifs (C(OH)–C–C–N with tert-alkyl or cyclic N) is 1. The number of ether oxygens (including phenoxy) is 1. The number of hydrogen-bond acceptors (Lipinski definition) is 4. The molecule has 0 bridgehead atoms. The van der Waals surface area contributed by atoms with Crippen LogP contribution in [0.3, 0.4) is 0 Å². The lowest BCUT2D eigenvalue weighted by Gasteiger charge is -2.43. The van der Waals surface area contributed by atoms with Crippen molar-refractivity contribution in [2.75, 3.05) is 26.3 Å². The zero-order chi connectivity index (χ0) is 11.8. The van der Waals surface area contributed by atoms with Crippen LogP contribution < -0.4 is 5.32 Å². The number of nitrogens with zero attached hydrogens (tertiary/aromatic N) is 1. The number of hydrogen-bond donors (Lipinski definition) is 2. The lowest BCUT2D eigenvalue weighted by Crippen LogP contribution is -2.59. The Morgan fingerprint density at radius 3 is 2.88 bits per heavy atom. The van der Waals surface area contributed by atoms with Crippen LogP contribution in [0.25, 0.3) is 0 Å². The largest absolute Gasteiger partial charge is 0.392 e. The molecule has 16 heavy (non-hydrogen) atoms. The quantitative estimate of drug-likeness (QED) is 0.626. The number of morpholine rings is 1. The number of amides is 1. The minimum absolute atomic E-state index is 0.0878. The first-order valence-corrected chi connectivity index (χ1v) is 5.81. The van der Waals surface area contributed by atoms with Gasteiger partial charge in [0.15, 0.2) is 0 Å². The predicted octanol–water partition coefficient (Wildman–Crippen LogP) is -0.653. The summed E-state index contributed by atoms with van der Waals surface area (Å²) in [6, 6.07) is -0.229. The topological polar surface area (TPSA) is 61.8 Å². The van der Waals surface area contributed by atoms with Crippen LogP contribution in [0.15, 0.2) is 0 Å². The first-order valence-electron chi connectivity index (χ1n) is 5.81. The van der Waals surface area contributed by atoms with Gasteiger partial charge >= 0.3 is 0 Å². The Morgan fingerprint density at radius 2 is 2.31 bits per heavy atom. The van der Waals surface area contributed by atoms with Gasteiger partial charge in [-0.3, -0.25) is 4.79 Å². The van der Waals surface area contributed by atoms with Crippen molar-refractivity contribution in [1.29, 1.82) is 0 Å². The standard InChI is InChI=1S/C11H20N2O3/c1-11(2)7-16-4-3-13(11)10(15)9-5-8(14)6-12-9/h8-9,12,14H,3-7H2,1-2H3. The van der Waals surface area contributed by atoms with Crippen LogP contribution in [0.1, 0.15) is 20.3 Å². The zero-order valence-electron chi connectivity index (χ0n) is 9.90. The van der Waals surface area contributed by atoms with Crippen molar-refractivity contribution in [3.05, 3.63) is 0 Å². The van der Waals surface area contributed by atoms with E-state index in [1.807, 2.05) is 18.7 Å². The van der Waals surface area contributed by atoms with E-state index < -0.39 is 6.10 Å². The molecule has 0 radical (unpaired) electrons. The number of nitrogens with one attached hydrogen (secondary N) is 1. The highest BCUT2D eigenvalue weighted by Gasteiger charge is 2.39. The van der Waals surface area contributed by atoms with E-state index in [4.69, 9.17) is 4.74 Å². The summed E-state index contributed by atoms with van der Waals surface area (Å²) < 4.78 is 5.39. The van der Waals surface area contributed by atoms with Crippen LogP contribution in [-0.2, 0) is 9.53 Å². The molecule has 0 aromatic rings. The van der Waals surface area contributed by atoms with Crippen LogP contribution in [0.4, 0.5) is 0 Å². The minimum Gasteiger partial charge on any atom is -0.392 e. The van der Waals surface area contributed by atoms with Gasteiger partial charge in [0.25, 0.3) is 0 Å². The molecule has 2 aliphatic heterocycles. The molecule has 2 fully saturated rings. The Morgan fingerprint density at radius 1 is 1.56 bits per heavy atom. The number of carbonyl (C=O) groups excluding carboxylic acids is 1. The van der Waals surface area contributed by atoms with E-state index in [2.05, 4.69) is 5.32 Å². The molecule has 2 aliphatic rings. The molecule has 2 unspecified atom stereocenters. The Bertz CT molecular complexity index is 280. The first kappa shape index (κ1) is 11.8. The van der Waals surface area contributed by atoms with E-state index in [-0.39, 0.29) is 17.5 Å². The second-order valence-corrected chi connectivity index (χ2v) is 5.21. The van der Waals surface area contributed by atoms with Crippen LogP contribution in [0.5, 0.6) is 0 Å². The van der Waals surface area contributed by atoms with Gasteiger partial charge in [-0.15, -0.1) is 0 Å². The molecular formula is C11H20N2O3. The lowest BCUT2D eigenvalue weighted by molar-refractivity contribution is -0.148. The summed E-state index contributed by atoms with van der Waals surface area (Å²) in [5.74, 6) is 0.0878. The van der Waals surface area contributed by atoms with Gasteiger partial charge in [0.1, 0.15) is 0 Å². The van der Waals surface area contributed by atoms with Gasteiger partial charge in [-0.2, -0.15) is 0 Å². The lowest BCUT2D eigenvalue weighted by atomic mass is 10.0. The summed E-state index contributed by atoms with van der Waals surface area (Å²) in [6.07, 6.45) is 0.129. The molecule has 0 aromatic carbocycles. The maximum absolute atomic E-state index is 12.3. The van der Waals surface area contributed by atoms with Crippen molar-refractivity contribution in [3.8, 4) is 0 Å². The fourth-order valence-corrected chi connectivity index (χ4v) is 2.36. The van der Waals surface area contributed by atoms with Gasteiger partial charge < -0.3 is 20.1 Å². The van der Waals surface area contributed by atoms with Crippen molar-refractivity contribution in [3.63, 3.8) is 0 Å². The molecule has 0 aliphatic carbocycles. The number of carbonyl (C=O) groups is 1. The summed E-state index contributed by atoms with van der Waals surface area (Å²) in [5.41, 5.74) is -0.245. The highest BCUT2D eigenvalue weighted by molar-refractivity contribution is 5.83. The fraction of sp³-hybridized carbons (Fsp3) is 0.909. The Hall–Kier alpha value is -0.650. The smallest absolute Gasteiger partial charge is 0.240 e. The highest BCUT2D eigenvalue weighted by atomic mass is 16.5. The summed E-state index contributed by atoms with van der Waals surface area (Å²) >= 11 is 0. The van der Waals surface area contributed by atoms with Gasteiger partial charge in [0, 0.05) is 13.1 Å². The molecular weight excluding hydrogens is 208 g/mol. The molecule has 2 rings (SSSR count). The van der Waals surface area contributed by atoms with E-state index in [0.29, 0.717) is 32.7 Å². The third kappa shape index (κ3) is 2.21. The van der Waals surface area contributed by atoms with Gasteiger partial charge in [-0.05, 0) is 20.3 Å². The number of aliphatic hydroxyl groups is 1. The molecule has 2 atom stereocenters. The molecule has 2 N–H and O–H groups in total. The summed E-state index contributed by atoms with van der Waals surface area (Å²) in [6.45, 7) is 6.35. The molecule has 1 amide bonds. The first-order chi connectivity index (χ1) is 7.50. The molecule has 0 spiro atoms. The van der Waals surface area contributed by atoms with E-state index >= 15 is 0 Å². The average molecular weight is 228 g/mol. The molecule has 0 aromatic heterocycles. The van der Waals surface area contributed by atoms with Crippen LogP contribution in [0, 0.1) is 0 Å². The SMILES string of the molecule is CC1(C)COCCN1C(=O)C1CC(O)CN1. The third-order valence-electron chi connectivity index (χ3n) is 3.32. The summed E-state index contributed by atoms with van der Waals surface area (Å²) in [7, 11) is 0. The van der Waals surface area contributed by atoms with Crippen molar-refractivity contribution < 1.29 is 14.6 Å². The van der Waals surface area contributed by atoms with Crippen molar-refractivity contribution in [2.24, 2.45) is 0 Å². The van der Waals surface area contributed by atoms with Crippen LogP contribution >= 0.6 is 0 Å². The van der Waals surface area contributed by atoms with Crippen LogP contribution in [-0.4, -0.2) is 59.9 Å². The molecule has 92 valence electrons. The third-order valence-corrected chi connectivity index (χ3v) is 3.32. The Balaban J connectivity index is 2.03.